The van der Waals surface area contributed by atoms with Crippen LogP contribution in [0.2, 0.25) is 0 Å². The maximum atomic E-state index is 12.5. The van der Waals surface area contributed by atoms with Crippen molar-refractivity contribution in [2.45, 2.75) is 152 Å². The molecular weight excluding hydrogens is 638 g/mol. The van der Waals surface area contributed by atoms with Crippen LogP contribution in [0, 0.1) is 27.7 Å². The summed E-state index contributed by atoms with van der Waals surface area (Å²) in [7, 11) is 0. The number of phenolic OH excluding ortho intramolecular Hbond substituents is 1. The minimum absolute atomic E-state index is 0.0219. The Bertz CT molecular complexity index is 1210. The van der Waals surface area contributed by atoms with Crippen molar-refractivity contribution in [1.29, 1.82) is 0 Å². The zero-order valence-corrected chi connectivity index (χ0v) is 34.2. The van der Waals surface area contributed by atoms with E-state index in [-0.39, 0.29) is 17.6 Å². The maximum absolute atomic E-state index is 12.5. The van der Waals surface area contributed by atoms with Gasteiger partial charge in [-0.05, 0) is 123 Å². The number of para-hydroxylation sites is 1. The molecule has 0 unspecified atom stereocenters. The van der Waals surface area contributed by atoms with Crippen LogP contribution in [0.4, 0.5) is 10.5 Å². The van der Waals surface area contributed by atoms with Gasteiger partial charge in [-0.2, -0.15) is 0 Å². The molecule has 1 saturated heterocycles. The Morgan fingerprint density at radius 3 is 1.69 bits per heavy atom. The van der Waals surface area contributed by atoms with Crippen LogP contribution in [-0.2, 0) is 14.3 Å². The second-order valence-electron chi connectivity index (χ2n) is 13.8. The van der Waals surface area contributed by atoms with Crippen LogP contribution in [0.3, 0.4) is 0 Å². The number of nitrogens with zero attached hydrogens (tertiary/aromatic N) is 2. The number of anilines is 1. The number of amides is 2. The van der Waals surface area contributed by atoms with E-state index in [4.69, 9.17) is 4.74 Å². The average Bonchev–Trinajstić information content (AvgIpc) is 3.09. The zero-order chi connectivity index (χ0) is 38.8. The summed E-state index contributed by atoms with van der Waals surface area (Å²) in [6.45, 7) is 27.0. The summed E-state index contributed by atoms with van der Waals surface area (Å²) in [6.07, 6.45) is 10.2. The largest absolute Gasteiger partial charge is 0.507 e. The third kappa shape index (κ3) is 21.0. The number of aryl methyl sites for hydroxylation is 4. The van der Waals surface area contributed by atoms with Gasteiger partial charge < -0.3 is 34.5 Å². The number of ether oxygens (including phenoxy) is 1. The van der Waals surface area contributed by atoms with Crippen molar-refractivity contribution >= 4 is 23.3 Å². The number of urea groups is 1. The van der Waals surface area contributed by atoms with E-state index in [1.807, 2.05) is 69.0 Å². The Labute approximate surface area is 311 Å². The van der Waals surface area contributed by atoms with Gasteiger partial charge in [-0.1, -0.05) is 76.4 Å². The van der Waals surface area contributed by atoms with Crippen LogP contribution >= 0.6 is 0 Å². The van der Waals surface area contributed by atoms with Crippen molar-refractivity contribution < 1.29 is 24.2 Å². The number of carbonyl (C=O) groups excluding carboxylic acids is 3. The highest BCUT2D eigenvalue weighted by Crippen LogP contribution is 2.22. The van der Waals surface area contributed by atoms with Crippen LogP contribution in [0.5, 0.6) is 5.75 Å². The summed E-state index contributed by atoms with van der Waals surface area (Å²) < 4.78 is 5.38. The molecule has 51 heavy (non-hydrogen) atoms. The number of phenols is 1. The van der Waals surface area contributed by atoms with Gasteiger partial charge in [0.15, 0.2) is 0 Å². The second kappa shape index (κ2) is 28.4. The van der Waals surface area contributed by atoms with E-state index in [1.54, 1.807) is 0 Å². The third-order valence-corrected chi connectivity index (χ3v) is 8.87. The SMILES string of the molecule is CC(=O)CCC(C)=O.CCCC(CCC)N(CC)C(=O)Nc1ccccc1C.CCCN(CCC)C1CCOCC1.Cc1cc(C)c(O)c(C)c1. The maximum Gasteiger partial charge on any atom is 0.322 e. The Balaban J connectivity index is 0.000000697. The molecule has 0 bridgehead atoms. The lowest BCUT2D eigenvalue weighted by Crippen LogP contribution is -2.42. The summed E-state index contributed by atoms with van der Waals surface area (Å²) in [6, 6.07) is 13.0. The van der Waals surface area contributed by atoms with Gasteiger partial charge in [-0.25, -0.2) is 4.79 Å². The van der Waals surface area contributed by atoms with Gasteiger partial charge in [0, 0.05) is 50.4 Å². The molecule has 1 heterocycles. The Kier molecular flexibility index (Phi) is 26.6. The molecule has 1 aliphatic heterocycles. The molecule has 0 atom stereocenters. The number of hydrogen-bond acceptors (Lipinski definition) is 6. The Morgan fingerprint density at radius 1 is 0.784 bits per heavy atom. The molecular formula is C43H73N3O5. The lowest BCUT2D eigenvalue weighted by Gasteiger charge is -2.33. The summed E-state index contributed by atoms with van der Waals surface area (Å²) in [4.78, 5) is 37.5. The van der Waals surface area contributed by atoms with Crippen LogP contribution in [0.25, 0.3) is 0 Å². The number of Topliss-reactive ketones (excluding diaryl/α,β-unsaturated/α-hetero) is 2. The number of ketones is 2. The first-order valence-corrected chi connectivity index (χ1v) is 19.5. The van der Waals surface area contributed by atoms with Crippen LogP contribution in [-0.4, -0.2) is 77.4 Å². The van der Waals surface area contributed by atoms with Gasteiger partial charge >= 0.3 is 6.03 Å². The van der Waals surface area contributed by atoms with Gasteiger partial charge in [0.2, 0.25) is 0 Å². The van der Waals surface area contributed by atoms with Crippen LogP contribution < -0.4 is 5.32 Å². The molecule has 3 rings (SSSR count). The predicted molar refractivity (Wildman–Crippen MR) is 215 cm³/mol. The molecule has 290 valence electrons. The molecule has 8 heteroatoms. The molecule has 0 aromatic heterocycles. The molecule has 0 spiro atoms. The summed E-state index contributed by atoms with van der Waals surface area (Å²) in [5.41, 5.74) is 5.12. The molecule has 2 amide bonds. The lowest BCUT2D eigenvalue weighted by molar-refractivity contribution is -0.122. The first-order chi connectivity index (χ1) is 24.2. The standard InChI is InChI=1S/C17H28N2O.C11H23NO.C9H12O.C6H10O2/c1-5-10-15(11-6-2)19(7-3)17(20)18-16-13-9-8-12-14(16)4;1-3-7-12(8-4-2)11-5-9-13-10-6-11;1-6-4-7(2)9(10)8(3)5-6;1-5(7)3-4-6(2)8/h8-9,12-13,15H,5-7,10-11H2,1-4H3,(H,18,20);11H,3-10H2,1-2H3;4-5,10H,1-3H3;3-4H2,1-2H3. The highest BCUT2D eigenvalue weighted by molar-refractivity contribution is 5.90. The minimum Gasteiger partial charge on any atom is -0.507 e. The molecule has 8 nitrogen and oxygen atoms in total. The average molecular weight is 712 g/mol. The van der Waals surface area contributed by atoms with Crippen molar-refractivity contribution in [2.24, 2.45) is 0 Å². The number of benzene rings is 2. The van der Waals surface area contributed by atoms with Crippen molar-refractivity contribution in [1.82, 2.24) is 9.80 Å². The van der Waals surface area contributed by atoms with Gasteiger partial charge in [0.25, 0.3) is 0 Å². The number of rotatable bonds is 15. The summed E-state index contributed by atoms with van der Waals surface area (Å²) in [5.74, 6) is 0.589. The van der Waals surface area contributed by atoms with E-state index < -0.39 is 0 Å². The molecule has 0 saturated carbocycles. The van der Waals surface area contributed by atoms with E-state index in [2.05, 4.69) is 44.8 Å². The number of nitrogens with one attached hydrogen (secondary N) is 1. The number of hydrogen-bond donors (Lipinski definition) is 2. The van der Waals surface area contributed by atoms with Crippen molar-refractivity contribution in [2.75, 3.05) is 38.2 Å². The monoisotopic (exact) mass is 712 g/mol. The topological polar surface area (TPSA) is 99.2 Å². The molecule has 0 radical (unpaired) electrons. The molecule has 2 aromatic rings. The zero-order valence-electron chi connectivity index (χ0n) is 34.2. The number of carbonyl (C=O) groups is 3. The first kappa shape index (κ1) is 47.8. The highest BCUT2D eigenvalue weighted by Gasteiger charge is 2.21. The quantitative estimate of drug-likeness (QED) is 0.191. The second-order valence-corrected chi connectivity index (χ2v) is 13.8. The summed E-state index contributed by atoms with van der Waals surface area (Å²) in [5, 5.41) is 12.4. The molecule has 2 aromatic carbocycles. The lowest BCUT2D eigenvalue weighted by atomic mass is 10.1. The van der Waals surface area contributed by atoms with Crippen LogP contribution in [0.15, 0.2) is 36.4 Å². The van der Waals surface area contributed by atoms with E-state index in [0.29, 0.717) is 24.6 Å². The molecule has 1 fully saturated rings. The fourth-order valence-corrected chi connectivity index (χ4v) is 6.22. The first-order valence-electron chi connectivity index (χ1n) is 19.5. The fourth-order valence-electron chi connectivity index (χ4n) is 6.22. The fraction of sp³-hybridized carbons (Fsp3) is 0.651. The smallest absolute Gasteiger partial charge is 0.322 e. The Morgan fingerprint density at radius 2 is 1.27 bits per heavy atom. The van der Waals surface area contributed by atoms with Crippen molar-refractivity contribution in [3.8, 4) is 5.75 Å². The van der Waals surface area contributed by atoms with Crippen LogP contribution in [0.1, 0.15) is 135 Å². The number of aromatic hydroxyl groups is 1. The minimum atomic E-state index is 0.0219. The highest BCUT2D eigenvalue weighted by atomic mass is 16.5. The van der Waals surface area contributed by atoms with E-state index >= 15 is 0 Å². The summed E-state index contributed by atoms with van der Waals surface area (Å²) >= 11 is 0. The van der Waals surface area contributed by atoms with E-state index in [0.717, 1.165) is 73.9 Å². The predicted octanol–water partition coefficient (Wildman–Crippen LogP) is 10.4. The van der Waals surface area contributed by atoms with Crippen molar-refractivity contribution in [3.63, 3.8) is 0 Å². The van der Waals surface area contributed by atoms with Gasteiger partial charge in [-0.3, -0.25) is 0 Å². The third-order valence-electron chi connectivity index (χ3n) is 8.87. The van der Waals surface area contributed by atoms with Gasteiger partial charge in [0.1, 0.15) is 17.3 Å². The Hall–Kier alpha value is -3.23. The van der Waals surface area contributed by atoms with Crippen molar-refractivity contribution in [3.05, 3.63) is 58.7 Å². The van der Waals surface area contributed by atoms with Gasteiger partial charge in [0.05, 0.1) is 0 Å². The normalized spacial score (nSPS) is 12.5. The molecule has 0 aliphatic carbocycles. The van der Waals surface area contributed by atoms with E-state index in [1.165, 1.54) is 58.2 Å². The molecule has 1 aliphatic rings. The van der Waals surface area contributed by atoms with E-state index in [9.17, 15) is 19.5 Å². The van der Waals surface area contributed by atoms with Gasteiger partial charge in [-0.15, -0.1) is 0 Å². The molecule has 2 N–H and O–H groups in total.